The maximum absolute atomic E-state index is 9.97. The van der Waals surface area contributed by atoms with Gasteiger partial charge in [0.25, 0.3) is 0 Å². The van der Waals surface area contributed by atoms with Crippen LogP contribution in [0.2, 0.25) is 0 Å². The van der Waals surface area contributed by atoms with Crippen molar-refractivity contribution in [2.24, 2.45) is 0 Å². The summed E-state index contributed by atoms with van der Waals surface area (Å²) in [6.45, 7) is 2.51. The van der Waals surface area contributed by atoms with Crippen LogP contribution in [0, 0.1) is 0 Å². The molecule has 1 heterocycles. The van der Waals surface area contributed by atoms with E-state index in [2.05, 4.69) is 24.3 Å². The zero-order chi connectivity index (χ0) is 13.2. The Balaban J connectivity index is 0.000000180. The third-order valence-corrected chi connectivity index (χ3v) is 3.29. The minimum atomic E-state index is 0.529. The molecule has 0 bridgehead atoms. The van der Waals surface area contributed by atoms with E-state index in [0.717, 1.165) is 17.9 Å². The molecule has 1 fully saturated rings. The number of nitrogens with one attached hydrogen (secondary N) is 1. The average molecular weight is 248 g/mol. The lowest BCUT2D eigenvalue weighted by Gasteiger charge is -2.28. The minimum Gasteiger partial charge on any atom is -0.317 e. The molecule has 0 aliphatic carbocycles. The van der Waals surface area contributed by atoms with Crippen LogP contribution in [-0.2, 0) is 11.2 Å². The van der Waals surface area contributed by atoms with Gasteiger partial charge in [0, 0.05) is 12.5 Å². The topological polar surface area (TPSA) is 32.3 Å². The maximum atomic E-state index is 9.97. The highest BCUT2D eigenvalue weighted by Gasteiger charge is 2.13. The first-order valence-electron chi connectivity index (χ1n) is 6.59. The van der Waals surface area contributed by atoms with Crippen molar-refractivity contribution in [2.75, 3.05) is 27.2 Å². The lowest BCUT2D eigenvalue weighted by atomic mass is 10.1. The molecule has 0 saturated carbocycles. The van der Waals surface area contributed by atoms with Crippen molar-refractivity contribution in [3.63, 3.8) is 0 Å². The number of carbonyl (C=O) groups excluding carboxylic acids is 1. The molecule has 18 heavy (non-hydrogen) atoms. The van der Waals surface area contributed by atoms with Crippen molar-refractivity contribution in [1.29, 1.82) is 0 Å². The van der Waals surface area contributed by atoms with Gasteiger partial charge in [-0.05, 0) is 45.6 Å². The summed E-state index contributed by atoms with van der Waals surface area (Å²) < 4.78 is 0. The van der Waals surface area contributed by atoms with E-state index in [1.54, 1.807) is 0 Å². The first-order valence-corrected chi connectivity index (χ1v) is 6.59. The number of aldehydes is 1. The van der Waals surface area contributed by atoms with Crippen LogP contribution >= 0.6 is 0 Å². The Bertz CT molecular complexity index is 319. The van der Waals surface area contributed by atoms with Gasteiger partial charge in [0.1, 0.15) is 6.29 Å². The Kier molecular flexibility index (Phi) is 7.30. The van der Waals surface area contributed by atoms with Crippen molar-refractivity contribution in [1.82, 2.24) is 10.2 Å². The van der Waals surface area contributed by atoms with Gasteiger partial charge in [-0.15, -0.1) is 0 Å². The van der Waals surface area contributed by atoms with Crippen LogP contribution in [0.1, 0.15) is 18.4 Å². The van der Waals surface area contributed by atoms with Crippen LogP contribution in [-0.4, -0.2) is 44.4 Å². The number of carbonyl (C=O) groups is 1. The van der Waals surface area contributed by atoms with Gasteiger partial charge in [-0.3, -0.25) is 0 Å². The number of benzene rings is 1. The molecule has 100 valence electrons. The monoisotopic (exact) mass is 248 g/mol. The van der Waals surface area contributed by atoms with E-state index in [9.17, 15) is 4.79 Å². The summed E-state index contributed by atoms with van der Waals surface area (Å²) in [6, 6.07) is 10.5. The zero-order valence-corrected chi connectivity index (χ0v) is 11.4. The van der Waals surface area contributed by atoms with Gasteiger partial charge >= 0.3 is 0 Å². The van der Waals surface area contributed by atoms with Crippen LogP contribution in [0.5, 0.6) is 0 Å². The fraction of sp³-hybridized carbons (Fsp3) is 0.533. The molecular weight excluding hydrogens is 224 g/mol. The zero-order valence-electron chi connectivity index (χ0n) is 11.4. The third kappa shape index (κ3) is 5.94. The minimum absolute atomic E-state index is 0.529. The predicted molar refractivity (Wildman–Crippen MR) is 75.8 cm³/mol. The predicted octanol–water partition coefficient (Wildman–Crippen LogP) is 1.73. The van der Waals surface area contributed by atoms with Crippen LogP contribution in [0.25, 0.3) is 0 Å². The Morgan fingerprint density at radius 2 is 1.89 bits per heavy atom. The number of hydrogen-bond acceptors (Lipinski definition) is 3. The Labute approximate surface area is 110 Å². The molecule has 1 aromatic carbocycles. The first kappa shape index (κ1) is 14.9. The fourth-order valence-corrected chi connectivity index (χ4v) is 2.01. The largest absolute Gasteiger partial charge is 0.317 e. The average Bonchev–Trinajstić information content (AvgIpc) is 2.42. The van der Waals surface area contributed by atoms with Gasteiger partial charge < -0.3 is 15.0 Å². The standard InChI is InChI=1S/C8H8O.C7H16N2/c9-7-6-8-4-2-1-3-5-8;1-8-7-3-5-9(2)6-4-7/h1-5,7H,6H2;7-8H,3-6H2,1-2H3. The van der Waals surface area contributed by atoms with Crippen LogP contribution in [0.4, 0.5) is 0 Å². The molecule has 0 aromatic heterocycles. The normalized spacial score (nSPS) is 16.8. The second kappa shape index (κ2) is 8.84. The summed E-state index contributed by atoms with van der Waals surface area (Å²) in [7, 11) is 4.24. The number of piperidine rings is 1. The summed E-state index contributed by atoms with van der Waals surface area (Å²) in [4.78, 5) is 12.4. The SMILES string of the molecule is CNC1CCN(C)CC1.O=CCc1ccccc1. The summed E-state index contributed by atoms with van der Waals surface area (Å²) in [5.74, 6) is 0. The maximum Gasteiger partial charge on any atom is 0.124 e. The highest BCUT2D eigenvalue weighted by molar-refractivity contribution is 5.54. The molecular formula is C15H24N2O. The van der Waals surface area contributed by atoms with E-state index in [-0.39, 0.29) is 0 Å². The van der Waals surface area contributed by atoms with Crippen LogP contribution in [0.3, 0.4) is 0 Å². The highest BCUT2D eigenvalue weighted by atomic mass is 16.1. The lowest BCUT2D eigenvalue weighted by molar-refractivity contribution is -0.107. The highest BCUT2D eigenvalue weighted by Crippen LogP contribution is 2.06. The van der Waals surface area contributed by atoms with E-state index in [1.165, 1.54) is 25.9 Å². The summed E-state index contributed by atoms with van der Waals surface area (Å²) >= 11 is 0. The molecule has 0 atom stereocenters. The van der Waals surface area contributed by atoms with Crippen molar-refractivity contribution < 1.29 is 4.79 Å². The van der Waals surface area contributed by atoms with Crippen molar-refractivity contribution in [3.05, 3.63) is 35.9 Å². The van der Waals surface area contributed by atoms with Gasteiger partial charge in [-0.1, -0.05) is 30.3 Å². The fourth-order valence-electron chi connectivity index (χ4n) is 2.01. The van der Waals surface area contributed by atoms with Gasteiger partial charge in [0.2, 0.25) is 0 Å². The van der Waals surface area contributed by atoms with E-state index < -0.39 is 0 Å². The van der Waals surface area contributed by atoms with E-state index in [1.807, 2.05) is 30.3 Å². The van der Waals surface area contributed by atoms with Gasteiger partial charge in [0.15, 0.2) is 0 Å². The summed E-state index contributed by atoms with van der Waals surface area (Å²) in [5.41, 5.74) is 1.08. The molecule has 0 amide bonds. The molecule has 1 aromatic rings. The van der Waals surface area contributed by atoms with E-state index >= 15 is 0 Å². The molecule has 0 spiro atoms. The summed E-state index contributed by atoms with van der Waals surface area (Å²) in [6.07, 6.45) is 4.07. The van der Waals surface area contributed by atoms with Gasteiger partial charge in [0.05, 0.1) is 0 Å². The number of rotatable bonds is 3. The Morgan fingerprint density at radius 1 is 1.28 bits per heavy atom. The quantitative estimate of drug-likeness (QED) is 0.827. The summed E-state index contributed by atoms with van der Waals surface area (Å²) in [5, 5.41) is 3.30. The van der Waals surface area contributed by atoms with Crippen molar-refractivity contribution in [3.8, 4) is 0 Å². The van der Waals surface area contributed by atoms with E-state index in [0.29, 0.717) is 6.42 Å². The van der Waals surface area contributed by atoms with Gasteiger partial charge in [-0.25, -0.2) is 0 Å². The molecule has 2 rings (SSSR count). The molecule has 1 N–H and O–H groups in total. The van der Waals surface area contributed by atoms with Crippen molar-refractivity contribution in [2.45, 2.75) is 25.3 Å². The van der Waals surface area contributed by atoms with Gasteiger partial charge in [-0.2, -0.15) is 0 Å². The molecule has 1 saturated heterocycles. The first-order chi connectivity index (χ1) is 8.76. The smallest absolute Gasteiger partial charge is 0.124 e. The number of nitrogens with zero attached hydrogens (tertiary/aromatic N) is 1. The molecule has 0 unspecified atom stereocenters. The Morgan fingerprint density at radius 3 is 2.39 bits per heavy atom. The Hall–Kier alpha value is -1.19. The molecule has 3 nitrogen and oxygen atoms in total. The molecule has 0 radical (unpaired) electrons. The van der Waals surface area contributed by atoms with E-state index in [4.69, 9.17) is 0 Å². The van der Waals surface area contributed by atoms with Crippen LogP contribution in [0.15, 0.2) is 30.3 Å². The second-order valence-electron chi connectivity index (χ2n) is 4.72. The lowest BCUT2D eigenvalue weighted by Crippen LogP contribution is -2.39. The molecule has 1 aliphatic rings. The number of likely N-dealkylation sites (tertiary alicyclic amines) is 1. The number of hydrogen-bond donors (Lipinski definition) is 1. The molecule has 1 aliphatic heterocycles. The third-order valence-electron chi connectivity index (χ3n) is 3.29. The molecule has 3 heteroatoms. The van der Waals surface area contributed by atoms with Crippen LogP contribution < -0.4 is 5.32 Å². The second-order valence-corrected chi connectivity index (χ2v) is 4.72. The van der Waals surface area contributed by atoms with Crippen molar-refractivity contribution >= 4 is 6.29 Å².